The molecular formula is C27H29NO5S. The molecule has 4 rings (SSSR count). The van der Waals surface area contributed by atoms with Gasteiger partial charge in [-0.05, 0) is 60.9 Å². The van der Waals surface area contributed by atoms with Crippen LogP contribution in [0.5, 0.6) is 11.5 Å². The second kappa shape index (κ2) is 10.1. The fourth-order valence-corrected chi connectivity index (χ4v) is 5.41. The predicted octanol–water partition coefficient (Wildman–Crippen LogP) is 5.17. The molecule has 0 amide bonds. The molecule has 1 aliphatic carbocycles. The quantitative estimate of drug-likeness (QED) is 0.420. The first-order chi connectivity index (χ1) is 16.4. The van der Waals surface area contributed by atoms with Crippen LogP contribution in [0.4, 0.5) is 0 Å². The number of Topliss-reactive ketones (excluding diaryl/α,β-unsaturated/α-hetero) is 1. The van der Waals surface area contributed by atoms with Gasteiger partial charge in [0.15, 0.2) is 17.3 Å². The third-order valence-corrected chi connectivity index (χ3v) is 7.44. The Labute approximate surface area is 204 Å². The Hall–Kier alpha value is -3.06. The molecule has 6 nitrogen and oxygen atoms in total. The number of hydrogen-bond acceptors (Lipinski definition) is 7. The number of methoxy groups -OCH3 is 3. The van der Waals surface area contributed by atoms with Crippen molar-refractivity contribution in [2.75, 3.05) is 27.6 Å². The average Bonchev–Trinajstić information content (AvgIpc) is 2.86. The van der Waals surface area contributed by atoms with E-state index in [2.05, 4.69) is 0 Å². The van der Waals surface area contributed by atoms with Crippen molar-refractivity contribution in [2.45, 2.75) is 36.5 Å². The second-order valence-corrected chi connectivity index (χ2v) is 9.39. The third-order valence-electron chi connectivity index (χ3n) is 6.70. The van der Waals surface area contributed by atoms with Gasteiger partial charge in [0.2, 0.25) is 0 Å². The fourth-order valence-electron chi connectivity index (χ4n) is 5.01. The monoisotopic (exact) mass is 479 g/mol. The van der Waals surface area contributed by atoms with Gasteiger partial charge >= 0.3 is 5.97 Å². The Morgan fingerprint density at radius 3 is 2.26 bits per heavy atom. The van der Waals surface area contributed by atoms with E-state index in [1.807, 2.05) is 55.6 Å². The molecule has 0 N–H and O–H groups in total. The highest BCUT2D eigenvalue weighted by Gasteiger charge is 2.44. The molecule has 34 heavy (non-hydrogen) atoms. The SMILES string of the molecule is COC(=O)C1C(C)=NC2=C(C(=O)C[C@H](c3ccc(OC)c(OC)c3)C2)[C@@H]1c1ccc(SC)cc1. The van der Waals surface area contributed by atoms with Gasteiger partial charge < -0.3 is 14.2 Å². The molecule has 0 saturated heterocycles. The normalized spacial score (nSPS) is 22.1. The first-order valence-corrected chi connectivity index (χ1v) is 12.4. The number of ether oxygens (including phenoxy) is 3. The van der Waals surface area contributed by atoms with E-state index >= 15 is 0 Å². The van der Waals surface area contributed by atoms with Crippen molar-refractivity contribution in [1.29, 1.82) is 0 Å². The van der Waals surface area contributed by atoms with Crippen LogP contribution in [0.3, 0.4) is 0 Å². The highest BCUT2D eigenvalue weighted by molar-refractivity contribution is 7.98. The number of hydrogen-bond donors (Lipinski definition) is 0. The first-order valence-electron chi connectivity index (χ1n) is 11.2. The average molecular weight is 480 g/mol. The minimum absolute atomic E-state index is 0.0186. The summed E-state index contributed by atoms with van der Waals surface area (Å²) in [7, 11) is 4.58. The van der Waals surface area contributed by atoms with Crippen LogP contribution in [0.25, 0.3) is 0 Å². The molecule has 2 aliphatic rings. The number of allylic oxidation sites excluding steroid dienone is 2. The van der Waals surface area contributed by atoms with Gasteiger partial charge in [-0.3, -0.25) is 14.6 Å². The number of aliphatic imine (C=N–C) groups is 1. The van der Waals surface area contributed by atoms with Crippen molar-refractivity contribution in [3.8, 4) is 11.5 Å². The van der Waals surface area contributed by atoms with Gasteiger partial charge in [0.1, 0.15) is 5.92 Å². The number of rotatable bonds is 6. The predicted molar refractivity (Wildman–Crippen MR) is 133 cm³/mol. The van der Waals surface area contributed by atoms with Crippen LogP contribution >= 0.6 is 11.8 Å². The molecule has 178 valence electrons. The molecule has 1 unspecified atom stereocenters. The lowest BCUT2D eigenvalue weighted by atomic mass is 9.69. The second-order valence-electron chi connectivity index (χ2n) is 8.51. The highest BCUT2D eigenvalue weighted by Crippen LogP contribution is 2.47. The lowest BCUT2D eigenvalue weighted by Gasteiger charge is -2.36. The van der Waals surface area contributed by atoms with Crippen molar-refractivity contribution in [3.05, 3.63) is 64.9 Å². The summed E-state index contributed by atoms with van der Waals surface area (Å²) in [6.07, 6.45) is 2.97. The molecule has 2 aromatic rings. The van der Waals surface area contributed by atoms with Gasteiger partial charge in [-0.25, -0.2) is 0 Å². The molecule has 0 fully saturated rings. The van der Waals surface area contributed by atoms with Crippen molar-refractivity contribution >= 4 is 29.2 Å². The standard InChI is InChI=1S/C27H29NO5S/c1-15-24(27(30)33-4)25(16-6-9-19(34-5)10-7-16)26-20(28-15)12-18(13-21(26)29)17-8-11-22(31-2)23(14-17)32-3/h6-11,14,18,24-25H,12-13H2,1-5H3/t18-,24?,25-/m1/s1. The summed E-state index contributed by atoms with van der Waals surface area (Å²) in [6.45, 7) is 1.85. The summed E-state index contributed by atoms with van der Waals surface area (Å²) in [5.74, 6) is -0.133. The van der Waals surface area contributed by atoms with Crippen LogP contribution in [0, 0.1) is 5.92 Å². The zero-order chi connectivity index (χ0) is 24.4. The number of thioether (sulfide) groups is 1. The summed E-state index contributed by atoms with van der Waals surface area (Å²) in [4.78, 5) is 32.3. The zero-order valence-corrected chi connectivity index (χ0v) is 20.9. The van der Waals surface area contributed by atoms with Crippen molar-refractivity contribution < 1.29 is 23.8 Å². The summed E-state index contributed by atoms with van der Waals surface area (Å²) >= 11 is 1.65. The summed E-state index contributed by atoms with van der Waals surface area (Å²) in [5.41, 5.74) is 3.99. The maximum Gasteiger partial charge on any atom is 0.315 e. The van der Waals surface area contributed by atoms with Gasteiger partial charge in [-0.15, -0.1) is 11.8 Å². The Balaban J connectivity index is 1.77. The lowest BCUT2D eigenvalue weighted by molar-refractivity contribution is -0.143. The van der Waals surface area contributed by atoms with E-state index < -0.39 is 11.8 Å². The van der Waals surface area contributed by atoms with E-state index in [1.54, 1.807) is 26.0 Å². The van der Waals surface area contributed by atoms with E-state index in [0.717, 1.165) is 21.7 Å². The van der Waals surface area contributed by atoms with E-state index in [9.17, 15) is 9.59 Å². The van der Waals surface area contributed by atoms with Crippen LogP contribution in [0.1, 0.15) is 42.7 Å². The van der Waals surface area contributed by atoms with Crippen LogP contribution in [0.2, 0.25) is 0 Å². The number of nitrogens with zero attached hydrogens (tertiary/aromatic N) is 1. The largest absolute Gasteiger partial charge is 0.493 e. The van der Waals surface area contributed by atoms with Crippen LogP contribution in [-0.2, 0) is 14.3 Å². The summed E-state index contributed by atoms with van der Waals surface area (Å²) < 4.78 is 15.9. The number of esters is 1. The van der Waals surface area contributed by atoms with Crippen molar-refractivity contribution in [1.82, 2.24) is 0 Å². The third kappa shape index (κ3) is 4.37. The van der Waals surface area contributed by atoms with E-state index in [0.29, 0.717) is 35.6 Å². The molecule has 2 aromatic carbocycles. The maximum absolute atomic E-state index is 13.6. The topological polar surface area (TPSA) is 74.2 Å². The van der Waals surface area contributed by atoms with Crippen molar-refractivity contribution in [3.63, 3.8) is 0 Å². The first kappa shape index (κ1) is 24.1. The lowest BCUT2D eigenvalue weighted by Crippen LogP contribution is -2.37. The van der Waals surface area contributed by atoms with E-state index in [1.165, 1.54) is 7.11 Å². The number of benzene rings is 2. The Bertz CT molecular complexity index is 1170. The minimum atomic E-state index is -0.620. The fraction of sp³-hybridized carbons (Fsp3) is 0.370. The Kier molecular flexibility index (Phi) is 7.12. The van der Waals surface area contributed by atoms with Gasteiger partial charge in [0.25, 0.3) is 0 Å². The molecule has 0 aromatic heterocycles. The van der Waals surface area contributed by atoms with Gasteiger partial charge in [0, 0.05) is 34.2 Å². The van der Waals surface area contributed by atoms with Gasteiger partial charge in [0.05, 0.1) is 21.3 Å². The maximum atomic E-state index is 13.6. The van der Waals surface area contributed by atoms with Crippen LogP contribution in [0.15, 0.2) is 63.6 Å². The summed E-state index contributed by atoms with van der Waals surface area (Å²) in [6, 6.07) is 13.8. The summed E-state index contributed by atoms with van der Waals surface area (Å²) in [5, 5.41) is 0. The smallest absolute Gasteiger partial charge is 0.315 e. The van der Waals surface area contributed by atoms with E-state index in [-0.39, 0.29) is 17.7 Å². The van der Waals surface area contributed by atoms with Crippen LogP contribution in [-0.4, -0.2) is 45.0 Å². The molecule has 0 saturated carbocycles. The molecule has 0 bridgehead atoms. The Morgan fingerprint density at radius 1 is 0.971 bits per heavy atom. The number of carbonyl (C=O) groups is 2. The molecule has 7 heteroatoms. The molecule has 1 aliphatic heterocycles. The van der Waals surface area contributed by atoms with Gasteiger partial charge in [-0.2, -0.15) is 0 Å². The number of carbonyl (C=O) groups excluding carboxylic acids is 2. The molecule has 1 heterocycles. The molecule has 0 spiro atoms. The van der Waals surface area contributed by atoms with Crippen molar-refractivity contribution in [2.24, 2.45) is 10.9 Å². The Morgan fingerprint density at radius 2 is 1.65 bits per heavy atom. The molecule has 3 atom stereocenters. The highest BCUT2D eigenvalue weighted by atomic mass is 32.2. The van der Waals surface area contributed by atoms with Crippen LogP contribution < -0.4 is 9.47 Å². The van der Waals surface area contributed by atoms with E-state index in [4.69, 9.17) is 19.2 Å². The molecular weight excluding hydrogens is 450 g/mol. The van der Waals surface area contributed by atoms with Gasteiger partial charge in [-0.1, -0.05) is 18.2 Å². The minimum Gasteiger partial charge on any atom is -0.493 e. The molecule has 0 radical (unpaired) electrons. The number of ketones is 1. The zero-order valence-electron chi connectivity index (χ0n) is 20.1.